The Labute approximate surface area is 218 Å². The van der Waals surface area contributed by atoms with Crippen LogP contribution in [0.5, 0.6) is 0 Å². The number of nitrogens with one attached hydrogen (secondary N) is 1. The number of amides is 1. The highest BCUT2D eigenvalue weighted by atomic mass is 79.9. The van der Waals surface area contributed by atoms with Gasteiger partial charge in [-0.1, -0.05) is 45.7 Å². The summed E-state index contributed by atoms with van der Waals surface area (Å²) in [5.74, 6) is -0.900. The maximum absolute atomic E-state index is 15.4. The molecule has 1 aliphatic heterocycles. The van der Waals surface area contributed by atoms with Crippen LogP contribution in [0.2, 0.25) is 5.02 Å². The molecule has 7 nitrogen and oxygen atoms in total. The average molecular weight is 608 g/mol. The van der Waals surface area contributed by atoms with Gasteiger partial charge in [-0.25, -0.2) is 21.2 Å². The van der Waals surface area contributed by atoms with Crippen molar-refractivity contribution in [2.24, 2.45) is 0 Å². The van der Waals surface area contributed by atoms with Gasteiger partial charge in [-0.15, -0.1) is 0 Å². The molecule has 1 atom stereocenters. The molecule has 35 heavy (non-hydrogen) atoms. The predicted molar refractivity (Wildman–Crippen MR) is 138 cm³/mol. The number of benzene rings is 2. The van der Waals surface area contributed by atoms with Gasteiger partial charge in [0, 0.05) is 58.7 Å². The van der Waals surface area contributed by atoms with E-state index in [9.17, 15) is 21.6 Å². The number of carbonyl (C=O) groups is 1. The second kappa shape index (κ2) is 10.7. The number of carbonyl (C=O) groups excluding carboxylic acids is 1. The van der Waals surface area contributed by atoms with E-state index in [1.807, 2.05) is 0 Å². The Kier molecular flexibility index (Phi) is 8.48. The zero-order valence-corrected chi connectivity index (χ0v) is 23.0. The number of alkyl halides is 1. The largest absolute Gasteiger partial charge is 0.347 e. The number of hydrogen-bond donors (Lipinski definition) is 1. The number of halogens is 3. The molecule has 12 heteroatoms. The van der Waals surface area contributed by atoms with Crippen LogP contribution in [0.15, 0.2) is 63.3 Å². The van der Waals surface area contributed by atoms with Crippen LogP contribution in [0, 0.1) is 0 Å². The molecule has 0 bridgehead atoms. The van der Waals surface area contributed by atoms with Gasteiger partial charge in [0.15, 0.2) is 15.5 Å². The zero-order valence-electron chi connectivity index (χ0n) is 19.0. The molecule has 1 N–H and O–H groups in total. The maximum atomic E-state index is 15.4. The van der Waals surface area contributed by atoms with Crippen LogP contribution >= 0.6 is 27.5 Å². The molecule has 0 aliphatic carbocycles. The van der Waals surface area contributed by atoms with E-state index in [2.05, 4.69) is 21.2 Å². The summed E-state index contributed by atoms with van der Waals surface area (Å²) >= 11 is 9.48. The van der Waals surface area contributed by atoms with Gasteiger partial charge >= 0.3 is 0 Å². The maximum Gasteiger partial charge on any atom is 0.258 e. The van der Waals surface area contributed by atoms with Gasteiger partial charge in [-0.2, -0.15) is 4.31 Å². The van der Waals surface area contributed by atoms with E-state index >= 15 is 4.39 Å². The second-order valence-electron chi connectivity index (χ2n) is 8.44. The minimum absolute atomic E-state index is 0.0540. The first kappa shape index (κ1) is 27.8. The standard InChI is InChI=1S/C23H25BrClFN2O5S2/c1-16(8-13-34(2,30)31)27-22(29)23(26)9-11-28(12-10-23)35(32,33)21-7-6-18(24)15-20(21)17-4-3-5-19(25)14-17/h3-8,13-16H,9-12H2,1-2H3,(H,27,29)/b13-8-/t16-/m1/s1. The third-order valence-electron chi connectivity index (χ3n) is 5.59. The van der Waals surface area contributed by atoms with Crippen molar-refractivity contribution < 1.29 is 26.0 Å². The van der Waals surface area contributed by atoms with Crippen molar-refractivity contribution in [3.8, 4) is 11.1 Å². The molecule has 0 saturated carbocycles. The van der Waals surface area contributed by atoms with Gasteiger partial charge in [-0.05, 0) is 42.8 Å². The van der Waals surface area contributed by atoms with Crippen molar-refractivity contribution >= 4 is 53.3 Å². The summed E-state index contributed by atoms with van der Waals surface area (Å²) in [4.78, 5) is 12.6. The fraction of sp³-hybridized carbons (Fsp3) is 0.348. The van der Waals surface area contributed by atoms with Crippen LogP contribution < -0.4 is 5.32 Å². The monoisotopic (exact) mass is 606 g/mol. The first-order valence-electron chi connectivity index (χ1n) is 10.7. The topological polar surface area (TPSA) is 101 Å². The minimum atomic E-state index is -4.00. The predicted octanol–water partition coefficient (Wildman–Crippen LogP) is 4.33. The third-order valence-corrected chi connectivity index (χ3v) is 8.93. The molecule has 0 aromatic heterocycles. The summed E-state index contributed by atoms with van der Waals surface area (Å²) in [5, 5.41) is 3.83. The number of piperidine rings is 1. The smallest absolute Gasteiger partial charge is 0.258 e. The van der Waals surface area contributed by atoms with Crippen molar-refractivity contribution in [3.05, 3.63) is 63.4 Å². The Bertz CT molecular complexity index is 1360. The number of nitrogens with zero attached hydrogens (tertiary/aromatic N) is 1. The molecule has 0 radical (unpaired) electrons. The molecule has 0 unspecified atom stereocenters. The highest BCUT2D eigenvalue weighted by Gasteiger charge is 2.44. The van der Waals surface area contributed by atoms with Gasteiger partial charge < -0.3 is 5.32 Å². The van der Waals surface area contributed by atoms with Crippen LogP contribution in [0.1, 0.15) is 19.8 Å². The Morgan fingerprint density at radius 2 is 1.83 bits per heavy atom. The van der Waals surface area contributed by atoms with Crippen LogP contribution in [0.3, 0.4) is 0 Å². The highest BCUT2D eigenvalue weighted by Crippen LogP contribution is 2.36. The summed E-state index contributed by atoms with van der Waals surface area (Å²) in [6.07, 6.45) is 1.60. The van der Waals surface area contributed by atoms with Gasteiger partial charge in [0.25, 0.3) is 5.91 Å². The molecular weight excluding hydrogens is 583 g/mol. The van der Waals surface area contributed by atoms with Crippen LogP contribution in [0.4, 0.5) is 4.39 Å². The fourth-order valence-electron chi connectivity index (χ4n) is 3.70. The zero-order chi connectivity index (χ0) is 26.0. The minimum Gasteiger partial charge on any atom is -0.347 e. The van der Waals surface area contributed by atoms with Gasteiger partial charge in [0.05, 0.1) is 4.90 Å². The van der Waals surface area contributed by atoms with Crippen molar-refractivity contribution in [1.82, 2.24) is 9.62 Å². The Morgan fingerprint density at radius 3 is 2.43 bits per heavy atom. The fourth-order valence-corrected chi connectivity index (χ4v) is 6.41. The van der Waals surface area contributed by atoms with Crippen molar-refractivity contribution in [2.75, 3.05) is 19.3 Å². The summed E-state index contributed by atoms with van der Waals surface area (Å²) in [6.45, 7) is 1.14. The van der Waals surface area contributed by atoms with E-state index < -0.39 is 37.5 Å². The van der Waals surface area contributed by atoms with E-state index in [4.69, 9.17) is 11.6 Å². The van der Waals surface area contributed by atoms with Crippen LogP contribution in [0.25, 0.3) is 11.1 Å². The Hall–Kier alpha value is -1.79. The van der Waals surface area contributed by atoms with Crippen molar-refractivity contribution in [3.63, 3.8) is 0 Å². The van der Waals surface area contributed by atoms with E-state index in [0.717, 1.165) is 11.7 Å². The normalized spacial score (nSPS) is 17.9. The summed E-state index contributed by atoms with van der Waals surface area (Å²) < 4.78 is 66.7. The summed E-state index contributed by atoms with van der Waals surface area (Å²) in [5.41, 5.74) is -1.21. The molecular formula is C23H25BrClFN2O5S2. The van der Waals surface area contributed by atoms with Gasteiger partial charge in [0.2, 0.25) is 10.0 Å². The summed E-state index contributed by atoms with van der Waals surface area (Å²) in [7, 11) is -7.38. The Morgan fingerprint density at radius 1 is 1.17 bits per heavy atom. The first-order chi connectivity index (χ1) is 16.2. The lowest BCUT2D eigenvalue weighted by Gasteiger charge is -2.35. The second-order valence-corrected chi connectivity index (χ2v) is 13.6. The number of sulfone groups is 1. The van der Waals surface area contributed by atoms with E-state index in [1.165, 1.54) is 23.4 Å². The van der Waals surface area contributed by atoms with Crippen LogP contribution in [-0.2, 0) is 24.7 Å². The molecule has 0 spiro atoms. The van der Waals surface area contributed by atoms with E-state index in [0.29, 0.717) is 20.6 Å². The first-order valence-corrected chi connectivity index (χ1v) is 15.2. The molecule has 1 saturated heterocycles. The van der Waals surface area contributed by atoms with E-state index in [1.54, 1.807) is 36.4 Å². The lowest BCUT2D eigenvalue weighted by Crippen LogP contribution is -2.53. The van der Waals surface area contributed by atoms with Gasteiger partial charge in [-0.3, -0.25) is 4.79 Å². The SMILES string of the molecule is C[C@H](/C=C\S(C)(=O)=O)NC(=O)C1(F)CCN(S(=O)(=O)c2ccc(Br)cc2-c2cccc(Cl)c2)CC1. The highest BCUT2D eigenvalue weighted by molar-refractivity contribution is 9.10. The number of rotatable bonds is 7. The summed E-state index contributed by atoms with van der Waals surface area (Å²) in [6, 6.07) is 10.9. The molecule has 1 fully saturated rings. The molecule has 1 aliphatic rings. The average Bonchev–Trinajstić information content (AvgIpc) is 2.77. The lowest BCUT2D eigenvalue weighted by molar-refractivity contribution is -0.135. The Balaban J connectivity index is 1.78. The van der Waals surface area contributed by atoms with Crippen molar-refractivity contribution in [2.45, 2.75) is 36.4 Å². The van der Waals surface area contributed by atoms with Crippen molar-refractivity contribution in [1.29, 1.82) is 0 Å². The molecule has 2 aromatic carbocycles. The molecule has 1 amide bonds. The molecule has 3 rings (SSSR count). The van der Waals surface area contributed by atoms with Gasteiger partial charge in [0.1, 0.15) is 0 Å². The molecule has 1 heterocycles. The third kappa shape index (κ3) is 6.91. The quantitative estimate of drug-likeness (QED) is 0.505. The lowest BCUT2D eigenvalue weighted by atomic mass is 9.93. The molecule has 190 valence electrons. The number of sulfonamides is 1. The van der Waals surface area contributed by atoms with E-state index in [-0.39, 0.29) is 30.8 Å². The van der Waals surface area contributed by atoms with Crippen LogP contribution in [-0.4, -0.2) is 58.1 Å². The molecule has 2 aromatic rings. The number of hydrogen-bond acceptors (Lipinski definition) is 5.